The Labute approximate surface area is 122 Å². The van der Waals surface area contributed by atoms with Crippen molar-refractivity contribution in [1.29, 1.82) is 0 Å². The zero-order valence-corrected chi connectivity index (χ0v) is 11.5. The number of hydrogen-bond donors (Lipinski definition) is 1. The van der Waals surface area contributed by atoms with Crippen LogP contribution in [0.2, 0.25) is 5.02 Å². The molecule has 0 aliphatic heterocycles. The van der Waals surface area contributed by atoms with Crippen LogP contribution in [0.4, 0.5) is 5.82 Å². The number of rotatable bonds is 6. The van der Waals surface area contributed by atoms with E-state index in [9.17, 15) is 4.79 Å². The average molecular weight is 292 g/mol. The van der Waals surface area contributed by atoms with E-state index in [-0.39, 0.29) is 19.0 Å². The number of halogens is 1. The molecule has 1 aromatic carbocycles. The van der Waals surface area contributed by atoms with E-state index < -0.39 is 0 Å². The monoisotopic (exact) mass is 291 g/mol. The van der Waals surface area contributed by atoms with Crippen molar-refractivity contribution in [2.24, 2.45) is 0 Å². The van der Waals surface area contributed by atoms with Gasteiger partial charge < -0.3 is 10.1 Å². The number of aromatic nitrogens is 2. The van der Waals surface area contributed by atoms with E-state index in [1.54, 1.807) is 0 Å². The molecule has 2 rings (SSSR count). The highest BCUT2D eigenvalue weighted by molar-refractivity contribution is 6.32. The number of esters is 1. The van der Waals surface area contributed by atoms with Crippen LogP contribution < -0.4 is 5.32 Å². The second-order valence-electron chi connectivity index (χ2n) is 4.04. The van der Waals surface area contributed by atoms with Gasteiger partial charge in [0.05, 0.1) is 12.6 Å². The number of ether oxygens (including phenoxy) is 1. The first-order valence-corrected chi connectivity index (χ1v) is 6.52. The predicted octanol–water partition coefficient (Wildman–Crippen LogP) is 2.68. The smallest absolute Gasteiger partial charge is 0.307 e. The van der Waals surface area contributed by atoms with Crippen LogP contribution >= 0.6 is 11.6 Å². The molecule has 0 spiro atoms. The third-order valence-corrected chi connectivity index (χ3v) is 2.81. The molecule has 0 aliphatic carbocycles. The van der Waals surface area contributed by atoms with Crippen molar-refractivity contribution in [2.75, 3.05) is 11.9 Å². The van der Waals surface area contributed by atoms with E-state index in [4.69, 9.17) is 16.3 Å². The molecule has 0 aliphatic rings. The Kier molecular flexibility index (Phi) is 5.32. The number of nitrogens with one attached hydrogen (secondary N) is 1. The fraction of sp³-hybridized carbons (Fsp3) is 0.214. The third-order valence-electron chi connectivity index (χ3n) is 2.53. The highest BCUT2D eigenvalue weighted by atomic mass is 35.5. The molecule has 0 unspecified atom stereocenters. The first-order chi connectivity index (χ1) is 9.75. The molecule has 0 atom stereocenters. The van der Waals surface area contributed by atoms with Crippen molar-refractivity contribution in [3.05, 3.63) is 53.4 Å². The van der Waals surface area contributed by atoms with E-state index in [2.05, 4.69) is 15.3 Å². The van der Waals surface area contributed by atoms with Gasteiger partial charge in [-0.25, -0.2) is 9.97 Å². The van der Waals surface area contributed by atoms with Crippen molar-refractivity contribution in [3.8, 4) is 0 Å². The molecule has 20 heavy (non-hydrogen) atoms. The van der Waals surface area contributed by atoms with Gasteiger partial charge in [-0.1, -0.05) is 41.9 Å². The Morgan fingerprint density at radius 3 is 2.85 bits per heavy atom. The maximum atomic E-state index is 11.6. The van der Waals surface area contributed by atoms with Gasteiger partial charge in [-0.3, -0.25) is 4.79 Å². The minimum atomic E-state index is -0.272. The second kappa shape index (κ2) is 7.45. The molecule has 0 saturated carbocycles. The summed E-state index contributed by atoms with van der Waals surface area (Å²) in [4.78, 5) is 19.3. The topological polar surface area (TPSA) is 64.1 Å². The van der Waals surface area contributed by atoms with Crippen LogP contribution in [0.3, 0.4) is 0 Å². The van der Waals surface area contributed by atoms with E-state index >= 15 is 0 Å². The van der Waals surface area contributed by atoms with Gasteiger partial charge in [0.1, 0.15) is 23.8 Å². The number of carbonyl (C=O) groups is 1. The molecule has 1 heterocycles. The standard InChI is InChI=1S/C14H14ClN3O2/c15-12-8-16-10-18-14(12)17-7-6-13(19)20-9-11-4-2-1-3-5-11/h1-5,8,10H,6-7,9H2,(H,16,17,18). The minimum absolute atomic E-state index is 0.243. The first kappa shape index (κ1) is 14.3. The number of benzene rings is 1. The SMILES string of the molecule is O=C(CCNc1ncncc1Cl)OCc1ccccc1. The van der Waals surface area contributed by atoms with Crippen LogP contribution in [0.15, 0.2) is 42.9 Å². The van der Waals surface area contributed by atoms with Gasteiger partial charge >= 0.3 is 5.97 Å². The Morgan fingerprint density at radius 2 is 2.10 bits per heavy atom. The van der Waals surface area contributed by atoms with Gasteiger partial charge in [-0.05, 0) is 5.56 Å². The van der Waals surface area contributed by atoms with Crippen molar-refractivity contribution in [3.63, 3.8) is 0 Å². The highest BCUT2D eigenvalue weighted by Crippen LogP contribution is 2.15. The van der Waals surface area contributed by atoms with Gasteiger partial charge in [-0.2, -0.15) is 0 Å². The molecule has 5 nitrogen and oxygen atoms in total. The lowest BCUT2D eigenvalue weighted by atomic mass is 10.2. The summed E-state index contributed by atoms with van der Waals surface area (Å²) in [5.74, 6) is 0.240. The number of nitrogens with zero attached hydrogens (tertiary/aromatic N) is 2. The third kappa shape index (κ3) is 4.51. The van der Waals surface area contributed by atoms with Crippen molar-refractivity contribution in [1.82, 2.24) is 9.97 Å². The average Bonchev–Trinajstić information content (AvgIpc) is 2.48. The molecule has 1 aromatic heterocycles. The summed E-state index contributed by atoms with van der Waals surface area (Å²) in [6.45, 7) is 0.693. The lowest BCUT2D eigenvalue weighted by Gasteiger charge is -2.07. The van der Waals surface area contributed by atoms with E-state index in [0.717, 1.165) is 5.56 Å². The van der Waals surface area contributed by atoms with Gasteiger partial charge in [-0.15, -0.1) is 0 Å². The maximum Gasteiger partial charge on any atom is 0.307 e. The zero-order valence-electron chi connectivity index (χ0n) is 10.8. The number of anilines is 1. The highest BCUT2D eigenvalue weighted by Gasteiger charge is 2.05. The van der Waals surface area contributed by atoms with Crippen molar-refractivity contribution >= 4 is 23.4 Å². The quantitative estimate of drug-likeness (QED) is 0.829. The molecular weight excluding hydrogens is 278 g/mol. The molecule has 0 radical (unpaired) electrons. The predicted molar refractivity (Wildman–Crippen MR) is 76.4 cm³/mol. The Bertz CT molecular complexity index is 563. The van der Waals surface area contributed by atoms with Crippen LogP contribution in [0, 0.1) is 0 Å². The summed E-state index contributed by atoms with van der Waals surface area (Å²) in [6.07, 6.45) is 3.12. The Balaban J connectivity index is 1.69. The lowest BCUT2D eigenvalue weighted by molar-refractivity contribution is -0.144. The van der Waals surface area contributed by atoms with Crippen LogP contribution in [0.25, 0.3) is 0 Å². The number of hydrogen-bond acceptors (Lipinski definition) is 5. The van der Waals surface area contributed by atoms with E-state index in [0.29, 0.717) is 17.4 Å². The fourth-order valence-electron chi connectivity index (χ4n) is 1.54. The van der Waals surface area contributed by atoms with Gasteiger partial charge in [0.25, 0.3) is 0 Å². The summed E-state index contributed by atoms with van der Waals surface area (Å²) in [6, 6.07) is 9.54. The lowest BCUT2D eigenvalue weighted by Crippen LogP contribution is -2.12. The van der Waals surface area contributed by atoms with E-state index in [1.165, 1.54) is 12.5 Å². The maximum absolute atomic E-state index is 11.6. The van der Waals surface area contributed by atoms with Crippen LogP contribution in [0.5, 0.6) is 0 Å². The molecule has 0 fully saturated rings. The normalized spacial score (nSPS) is 10.1. The largest absolute Gasteiger partial charge is 0.461 e. The first-order valence-electron chi connectivity index (χ1n) is 6.14. The summed E-state index contributed by atoms with van der Waals surface area (Å²) >= 11 is 5.88. The summed E-state index contributed by atoms with van der Waals surface area (Å²) in [7, 11) is 0. The Hall–Kier alpha value is -2.14. The second-order valence-corrected chi connectivity index (χ2v) is 4.45. The molecule has 6 heteroatoms. The fourth-order valence-corrected chi connectivity index (χ4v) is 1.71. The number of carbonyl (C=O) groups excluding carboxylic acids is 1. The summed E-state index contributed by atoms with van der Waals surface area (Å²) in [5, 5.41) is 3.38. The van der Waals surface area contributed by atoms with Crippen LogP contribution in [-0.2, 0) is 16.1 Å². The van der Waals surface area contributed by atoms with Crippen LogP contribution in [-0.4, -0.2) is 22.5 Å². The Morgan fingerprint density at radius 1 is 1.30 bits per heavy atom. The van der Waals surface area contributed by atoms with Gasteiger partial charge in [0.15, 0.2) is 0 Å². The van der Waals surface area contributed by atoms with Crippen molar-refractivity contribution in [2.45, 2.75) is 13.0 Å². The van der Waals surface area contributed by atoms with Gasteiger partial charge in [0, 0.05) is 6.54 Å². The van der Waals surface area contributed by atoms with Crippen molar-refractivity contribution < 1.29 is 9.53 Å². The molecule has 0 amide bonds. The zero-order chi connectivity index (χ0) is 14.2. The molecule has 1 N–H and O–H groups in total. The minimum Gasteiger partial charge on any atom is -0.461 e. The molecular formula is C14H14ClN3O2. The summed E-state index contributed by atoms with van der Waals surface area (Å²) in [5.41, 5.74) is 0.965. The molecule has 2 aromatic rings. The molecule has 104 valence electrons. The molecule has 0 bridgehead atoms. The van der Waals surface area contributed by atoms with Crippen LogP contribution in [0.1, 0.15) is 12.0 Å². The van der Waals surface area contributed by atoms with Gasteiger partial charge in [0.2, 0.25) is 0 Å². The molecule has 0 saturated heterocycles. The van der Waals surface area contributed by atoms with E-state index in [1.807, 2.05) is 30.3 Å². The summed E-state index contributed by atoms with van der Waals surface area (Å²) < 4.78 is 5.15.